The van der Waals surface area contributed by atoms with E-state index in [-0.39, 0.29) is 0 Å². The van der Waals surface area contributed by atoms with Gasteiger partial charge in [-0.3, -0.25) is 9.10 Å². The third kappa shape index (κ3) is 3.08. The highest BCUT2D eigenvalue weighted by atomic mass is 32.2. The Balaban J connectivity index is 2.40. The van der Waals surface area contributed by atoms with Gasteiger partial charge < -0.3 is 10.3 Å². The predicted molar refractivity (Wildman–Crippen MR) is 110 cm³/mol. The first-order valence-corrected chi connectivity index (χ1v) is 10.3. The Morgan fingerprint density at radius 2 is 1.81 bits per heavy atom. The third-order valence-electron chi connectivity index (χ3n) is 5.13. The second kappa shape index (κ2) is 6.42. The van der Waals surface area contributed by atoms with Gasteiger partial charge in [-0.1, -0.05) is 18.2 Å². The molecule has 1 aromatic heterocycles. The van der Waals surface area contributed by atoms with Crippen LogP contribution in [0.3, 0.4) is 0 Å². The molecular formula is C20H23N3O3S. The summed E-state index contributed by atoms with van der Waals surface area (Å²) in [7, 11) is -0.0824. The molecule has 7 heteroatoms. The minimum Gasteiger partial charge on any atom is -0.364 e. The van der Waals surface area contributed by atoms with Gasteiger partial charge in [0.15, 0.2) is 0 Å². The minimum absolute atomic E-state index is 0.401. The molecule has 0 aliphatic rings. The second-order valence-electron chi connectivity index (χ2n) is 6.83. The van der Waals surface area contributed by atoms with Crippen molar-refractivity contribution in [2.75, 3.05) is 17.6 Å². The van der Waals surface area contributed by atoms with Gasteiger partial charge >= 0.3 is 0 Å². The Hall–Kier alpha value is -2.80. The summed E-state index contributed by atoms with van der Waals surface area (Å²) in [5.74, 6) is -0.525. The number of aryl methyl sites for hydroxylation is 3. The van der Waals surface area contributed by atoms with Gasteiger partial charge in [-0.15, -0.1) is 0 Å². The molecule has 0 saturated heterocycles. The van der Waals surface area contributed by atoms with Crippen molar-refractivity contribution in [2.24, 2.45) is 12.8 Å². The van der Waals surface area contributed by atoms with Crippen LogP contribution in [0.15, 0.2) is 36.4 Å². The molecule has 27 heavy (non-hydrogen) atoms. The number of carbonyl (C=O) groups excluding carboxylic acids is 1. The van der Waals surface area contributed by atoms with Gasteiger partial charge in [0.25, 0.3) is 5.91 Å². The van der Waals surface area contributed by atoms with Crippen LogP contribution in [0.5, 0.6) is 0 Å². The maximum atomic E-state index is 12.3. The lowest BCUT2D eigenvalue weighted by Gasteiger charge is -2.17. The first kappa shape index (κ1) is 19.0. The number of primary amides is 1. The van der Waals surface area contributed by atoms with Crippen LogP contribution in [0, 0.1) is 13.8 Å². The number of fused-ring (bicyclic) bond motifs is 1. The number of hydrogen-bond acceptors (Lipinski definition) is 3. The maximum absolute atomic E-state index is 12.3. The molecule has 0 fully saturated rings. The van der Waals surface area contributed by atoms with Gasteiger partial charge in [0.1, 0.15) is 5.69 Å². The molecule has 0 atom stereocenters. The number of rotatable bonds is 4. The topological polar surface area (TPSA) is 85.4 Å². The molecular weight excluding hydrogens is 362 g/mol. The van der Waals surface area contributed by atoms with E-state index < -0.39 is 15.9 Å². The summed E-state index contributed by atoms with van der Waals surface area (Å²) in [6.45, 7) is 4.03. The van der Waals surface area contributed by atoms with E-state index in [9.17, 15) is 13.2 Å². The summed E-state index contributed by atoms with van der Waals surface area (Å²) in [5.41, 5.74) is 11.2. The average Bonchev–Trinajstić information content (AvgIpc) is 2.90. The fourth-order valence-electron chi connectivity index (χ4n) is 3.42. The molecule has 0 unspecified atom stereocenters. The maximum Gasteiger partial charge on any atom is 0.266 e. The first-order chi connectivity index (χ1) is 12.5. The van der Waals surface area contributed by atoms with Gasteiger partial charge in [-0.25, -0.2) is 8.42 Å². The quantitative estimate of drug-likeness (QED) is 0.749. The van der Waals surface area contributed by atoms with Crippen molar-refractivity contribution in [3.63, 3.8) is 0 Å². The van der Waals surface area contributed by atoms with E-state index in [2.05, 4.69) is 0 Å². The molecule has 0 bridgehead atoms. The molecule has 3 rings (SSSR count). The SMILES string of the molecule is Cc1ccc2c(c1C)c(-c1cccc(N(C)S(C)(=O)=O)c1)c(C(N)=O)n2C. The highest BCUT2D eigenvalue weighted by molar-refractivity contribution is 7.92. The zero-order valence-corrected chi connectivity index (χ0v) is 16.9. The van der Waals surface area contributed by atoms with Crippen LogP contribution in [-0.4, -0.2) is 32.2 Å². The summed E-state index contributed by atoms with van der Waals surface area (Å²) < 4.78 is 26.8. The Kier molecular flexibility index (Phi) is 4.51. The number of amides is 1. The van der Waals surface area contributed by atoms with E-state index in [1.807, 2.05) is 39.1 Å². The lowest BCUT2D eigenvalue weighted by Crippen LogP contribution is -2.24. The van der Waals surface area contributed by atoms with E-state index >= 15 is 0 Å². The molecule has 1 amide bonds. The van der Waals surface area contributed by atoms with Crippen LogP contribution >= 0.6 is 0 Å². The van der Waals surface area contributed by atoms with Crippen molar-refractivity contribution >= 4 is 32.5 Å². The van der Waals surface area contributed by atoms with Crippen LogP contribution in [0.1, 0.15) is 21.6 Å². The van der Waals surface area contributed by atoms with Crippen LogP contribution in [0.4, 0.5) is 5.69 Å². The molecule has 2 aromatic carbocycles. The number of anilines is 1. The monoisotopic (exact) mass is 385 g/mol. The largest absolute Gasteiger partial charge is 0.364 e. The fourth-order valence-corrected chi connectivity index (χ4v) is 3.92. The van der Waals surface area contributed by atoms with Gasteiger partial charge in [0.2, 0.25) is 10.0 Å². The summed E-state index contributed by atoms with van der Waals surface area (Å²) in [6, 6.07) is 11.1. The predicted octanol–water partition coefficient (Wildman–Crippen LogP) is 2.96. The van der Waals surface area contributed by atoms with E-state index in [0.29, 0.717) is 11.4 Å². The number of hydrogen-bond donors (Lipinski definition) is 1. The summed E-state index contributed by atoms with van der Waals surface area (Å²) >= 11 is 0. The van der Waals surface area contributed by atoms with Crippen molar-refractivity contribution in [1.82, 2.24) is 4.57 Å². The Morgan fingerprint density at radius 3 is 2.41 bits per heavy atom. The van der Waals surface area contributed by atoms with Crippen LogP contribution < -0.4 is 10.0 Å². The molecule has 3 aromatic rings. The fraction of sp³-hybridized carbons (Fsp3) is 0.250. The molecule has 0 aliphatic carbocycles. The van der Waals surface area contributed by atoms with E-state index in [1.54, 1.807) is 22.8 Å². The highest BCUT2D eigenvalue weighted by Crippen LogP contribution is 2.38. The van der Waals surface area contributed by atoms with Crippen molar-refractivity contribution < 1.29 is 13.2 Å². The number of carbonyl (C=O) groups is 1. The van der Waals surface area contributed by atoms with Crippen molar-refractivity contribution in [1.29, 1.82) is 0 Å². The number of nitrogens with zero attached hydrogens (tertiary/aromatic N) is 2. The smallest absolute Gasteiger partial charge is 0.266 e. The molecule has 2 N–H and O–H groups in total. The summed E-state index contributed by atoms with van der Waals surface area (Å²) in [5, 5.41) is 0.949. The van der Waals surface area contributed by atoms with Gasteiger partial charge in [-0.05, 0) is 48.7 Å². The van der Waals surface area contributed by atoms with E-state index in [0.717, 1.165) is 39.4 Å². The molecule has 0 radical (unpaired) electrons. The average molecular weight is 385 g/mol. The van der Waals surface area contributed by atoms with Crippen LogP contribution in [-0.2, 0) is 17.1 Å². The lowest BCUT2D eigenvalue weighted by molar-refractivity contribution is 0.0993. The Labute approximate surface area is 159 Å². The molecule has 142 valence electrons. The normalized spacial score (nSPS) is 11.7. The number of aromatic nitrogens is 1. The van der Waals surface area contributed by atoms with Crippen molar-refractivity contribution in [2.45, 2.75) is 13.8 Å². The number of benzene rings is 2. The number of nitrogens with two attached hydrogens (primary N) is 1. The standard InChI is InChI=1S/C20H23N3O3S/c1-12-9-10-16-17(13(12)2)18(19(20(21)24)22(16)3)14-7-6-8-15(11-14)23(4)27(5,25)26/h6-11H,1-5H3,(H2,21,24). The Morgan fingerprint density at radius 1 is 1.15 bits per heavy atom. The van der Waals surface area contributed by atoms with Crippen molar-refractivity contribution in [3.05, 3.63) is 53.2 Å². The van der Waals surface area contributed by atoms with Crippen LogP contribution in [0.2, 0.25) is 0 Å². The van der Waals surface area contributed by atoms with E-state index in [1.165, 1.54) is 11.4 Å². The lowest BCUT2D eigenvalue weighted by atomic mass is 9.96. The zero-order valence-electron chi connectivity index (χ0n) is 16.1. The van der Waals surface area contributed by atoms with Gasteiger partial charge in [-0.2, -0.15) is 0 Å². The minimum atomic E-state index is -3.40. The number of sulfonamides is 1. The van der Waals surface area contributed by atoms with Gasteiger partial charge in [0.05, 0.1) is 11.9 Å². The van der Waals surface area contributed by atoms with Crippen molar-refractivity contribution in [3.8, 4) is 11.1 Å². The van der Waals surface area contributed by atoms with Crippen LogP contribution in [0.25, 0.3) is 22.0 Å². The zero-order chi connectivity index (χ0) is 20.1. The highest BCUT2D eigenvalue weighted by Gasteiger charge is 2.23. The summed E-state index contributed by atoms with van der Waals surface area (Å²) in [6.07, 6.45) is 1.15. The molecule has 6 nitrogen and oxygen atoms in total. The van der Waals surface area contributed by atoms with E-state index in [4.69, 9.17) is 5.73 Å². The molecule has 0 aliphatic heterocycles. The molecule has 0 spiro atoms. The molecule has 1 heterocycles. The first-order valence-electron chi connectivity index (χ1n) is 8.46. The Bertz CT molecular complexity index is 1180. The third-order valence-corrected chi connectivity index (χ3v) is 6.33. The molecule has 0 saturated carbocycles. The van der Waals surface area contributed by atoms with Gasteiger partial charge in [0, 0.05) is 30.6 Å². The second-order valence-corrected chi connectivity index (χ2v) is 8.84. The summed E-state index contributed by atoms with van der Waals surface area (Å²) in [4.78, 5) is 12.3.